The van der Waals surface area contributed by atoms with Crippen molar-refractivity contribution in [3.8, 4) is 0 Å². The monoisotopic (exact) mass is 323 g/mol. The van der Waals surface area contributed by atoms with Crippen LogP contribution in [-0.2, 0) is 0 Å². The fraction of sp³-hybridized carbons (Fsp3) is 0.550. The Kier molecular flexibility index (Phi) is 3.78. The lowest BCUT2D eigenvalue weighted by atomic mass is 9.84. The molecule has 1 heterocycles. The second kappa shape index (κ2) is 5.83. The maximum absolute atomic E-state index is 12.7. The minimum Gasteiger partial charge on any atom is -0.349 e. The molecule has 2 bridgehead atoms. The number of aromatic nitrogens is 2. The molecule has 24 heavy (non-hydrogen) atoms. The molecule has 0 radical (unpaired) electrons. The van der Waals surface area contributed by atoms with Crippen LogP contribution in [-0.4, -0.2) is 21.9 Å². The first-order valence-electron chi connectivity index (χ1n) is 9.07. The highest BCUT2D eigenvalue weighted by atomic mass is 16.1. The largest absolute Gasteiger partial charge is 0.349 e. The zero-order valence-electron chi connectivity index (χ0n) is 14.7. The molecule has 2 fully saturated rings. The predicted octanol–water partition coefficient (Wildman–Crippen LogP) is 3.80. The zero-order valence-corrected chi connectivity index (χ0v) is 14.7. The molecular formula is C20H25N3O. The predicted molar refractivity (Wildman–Crippen MR) is 94.9 cm³/mol. The Morgan fingerprint density at radius 2 is 1.88 bits per heavy atom. The van der Waals surface area contributed by atoms with Crippen LogP contribution < -0.4 is 5.32 Å². The number of carbonyl (C=O) groups is 1. The Bertz CT molecular complexity index is 801. The fourth-order valence-corrected chi connectivity index (χ4v) is 4.68. The maximum Gasteiger partial charge on any atom is 0.251 e. The summed E-state index contributed by atoms with van der Waals surface area (Å²) >= 11 is 0. The van der Waals surface area contributed by atoms with Crippen molar-refractivity contribution in [1.29, 1.82) is 0 Å². The van der Waals surface area contributed by atoms with E-state index in [9.17, 15) is 4.79 Å². The van der Waals surface area contributed by atoms with E-state index in [0.717, 1.165) is 34.3 Å². The van der Waals surface area contributed by atoms with Crippen molar-refractivity contribution >= 4 is 16.9 Å². The third-order valence-electron chi connectivity index (χ3n) is 6.13. The number of fused-ring (bicyclic) bond motifs is 3. The normalized spacial score (nSPS) is 26.7. The Balaban J connectivity index is 1.51. The van der Waals surface area contributed by atoms with Crippen molar-refractivity contribution in [3.63, 3.8) is 0 Å². The Morgan fingerprint density at radius 3 is 2.54 bits per heavy atom. The van der Waals surface area contributed by atoms with Gasteiger partial charge in [-0.05, 0) is 76.0 Å². The molecule has 126 valence electrons. The van der Waals surface area contributed by atoms with E-state index in [4.69, 9.17) is 0 Å². The number of benzene rings is 1. The second-order valence-electron chi connectivity index (χ2n) is 7.70. The number of carbonyl (C=O) groups excluding carboxylic acids is 1. The maximum atomic E-state index is 12.7. The van der Waals surface area contributed by atoms with Gasteiger partial charge in [0.1, 0.15) is 0 Å². The number of rotatable bonds is 3. The van der Waals surface area contributed by atoms with Gasteiger partial charge in [0.2, 0.25) is 0 Å². The van der Waals surface area contributed by atoms with Gasteiger partial charge in [0.15, 0.2) is 0 Å². The van der Waals surface area contributed by atoms with Crippen LogP contribution in [0.1, 0.15) is 54.4 Å². The Morgan fingerprint density at radius 1 is 1.12 bits per heavy atom. The van der Waals surface area contributed by atoms with Crippen molar-refractivity contribution in [2.24, 2.45) is 17.8 Å². The molecule has 2 aromatic rings. The summed E-state index contributed by atoms with van der Waals surface area (Å²) in [7, 11) is 0. The van der Waals surface area contributed by atoms with Gasteiger partial charge in [0, 0.05) is 11.6 Å². The average Bonchev–Trinajstić information content (AvgIpc) is 3.18. The summed E-state index contributed by atoms with van der Waals surface area (Å²) in [6, 6.07) is 5.85. The van der Waals surface area contributed by atoms with Crippen LogP contribution in [0, 0.1) is 31.6 Å². The zero-order chi connectivity index (χ0) is 16.8. The van der Waals surface area contributed by atoms with Crippen LogP contribution in [0.2, 0.25) is 0 Å². The van der Waals surface area contributed by atoms with Crippen LogP contribution in [0.5, 0.6) is 0 Å². The van der Waals surface area contributed by atoms with Crippen molar-refractivity contribution in [1.82, 2.24) is 15.3 Å². The topological polar surface area (TPSA) is 54.9 Å². The minimum atomic E-state index is 0.00667. The van der Waals surface area contributed by atoms with Gasteiger partial charge >= 0.3 is 0 Å². The second-order valence-corrected chi connectivity index (χ2v) is 7.70. The minimum absolute atomic E-state index is 0.00667. The first-order valence-corrected chi connectivity index (χ1v) is 9.07. The van der Waals surface area contributed by atoms with E-state index in [1.54, 1.807) is 0 Å². The van der Waals surface area contributed by atoms with Gasteiger partial charge in [-0.3, -0.25) is 4.79 Å². The lowest BCUT2D eigenvalue weighted by Gasteiger charge is -2.28. The van der Waals surface area contributed by atoms with E-state index in [1.807, 2.05) is 32.0 Å². The fourth-order valence-electron chi connectivity index (χ4n) is 4.68. The highest BCUT2D eigenvalue weighted by Crippen LogP contribution is 2.49. The van der Waals surface area contributed by atoms with Gasteiger partial charge in [-0.1, -0.05) is 6.42 Å². The molecule has 1 N–H and O–H groups in total. The third-order valence-corrected chi connectivity index (χ3v) is 6.13. The molecular weight excluding hydrogens is 298 g/mol. The summed E-state index contributed by atoms with van der Waals surface area (Å²) in [5.41, 5.74) is 4.16. The summed E-state index contributed by atoms with van der Waals surface area (Å²) < 4.78 is 0. The van der Waals surface area contributed by atoms with Crippen LogP contribution in [0.15, 0.2) is 18.2 Å². The molecule has 4 atom stereocenters. The number of aryl methyl sites for hydroxylation is 2. The molecule has 2 aliphatic carbocycles. The first kappa shape index (κ1) is 15.6. The molecule has 0 aliphatic heterocycles. The SMILES string of the molecule is Cc1nc2ccc(C(=O)N[C@H](C)[C@@H]3C[C@H]4CC[C@H]3C4)cc2nc1C. The smallest absolute Gasteiger partial charge is 0.251 e. The van der Waals surface area contributed by atoms with Crippen molar-refractivity contribution in [3.05, 3.63) is 35.2 Å². The molecule has 1 aromatic carbocycles. The van der Waals surface area contributed by atoms with E-state index in [0.29, 0.717) is 11.5 Å². The number of amides is 1. The van der Waals surface area contributed by atoms with Crippen LogP contribution in [0.4, 0.5) is 0 Å². The first-order chi connectivity index (χ1) is 11.5. The Hall–Kier alpha value is -1.97. The van der Waals surface area contributed by atoms with E-state index in [1.165, 1.54) is 25.7 Å². The molecule has 0 unspecified atom stereocenters. The average molecular weight is 323 g/mol. The van der Waals surface area contributed by atoms with Gasteiger partial charge in [-0.2, -0.15) is 0 Å². The molecule has 0 saturated heterocycles. The van der Waals surface area contributed by atoms with Gasteiger partial charge in [0.05, 0.1) is 22.4 Å². The molecule has 1 amide bonds. The number of hydrogen-bond donors (Lipinski definition) is 1. The molecule has 4 rings (SSSR count). The van der Waals surface area contributed by atoms with Crippen LogP contribution in [0.3, 0.4) is 0 Å². The quantitative estimate of drug-likeness (QED) is 0.934. The highest BCUT2D eigenvalue weighted by molar-refractivity contribution is 5.97. The van der Waals surface area contributed by atoms with Gasteiger partial charge < -0.3 is 5.32 Å². The van der Waals surface area contributed by atoms with E-state index >= 15 is 0 Å². The van der Waals surface area contributed by atoms with Gasteiger partial charge in [-0.15, -0.1) is 0 Å². The van der Waals surface area contributed by atoms with E-state index in [2.05, 4.69) is 22.2 Å². The molecule has 4 heteroatoms. The standard InChI is InChI=1S/C20H25N3O/c1-11-12(2)22-19-10-16(6-7-18(19)21-11)20(24)23-13(3)17-9-14-4-5-15(17)8-14/h6-7,10,13-15,17H,4-5,8-9H2,1-3H3,(H,23,24)/t13-,14+,15+,17+/m1/s1. The summed E-state index contributed by atoms with van der Waals surface area (Å²) in [5.74, 6) is 2.38. The summed E-state index contributed by atoms with van der Waals surface area (Å²) in [6.45, 7) is 6.07. The molecule has 4 nitrogen and oxygen atoms in total. The van der Waals surface area contributed by atoms with E-state index < -0.39 is 0 Å². The van der Waals surface area contributed by atoms with Crippen LogP contribution in [0.25, 0.3) is 11.0 Å². The summed E-state index contributed by atoms with van der Waals surface area (Å²) in [4.78, 5) is 21.7. The number of hydrogen-bond acceptors (Lipinski definition) is 3. The van der Waals surface area contributed by atoms with Gasteiger partial charge in [0.25, 0.3) is 5.91 Å². The molecule has 1 aromatic heterocycles. The third kappa shape index (κ3) is 2.68. The van der Waals surface area contributed by atoms with Gasteiger partial charge in [-0.25, -0.2) is 9.97 Å². The highest BCUT2D eigenvalue weighted by Gasteiger charge is 2.42. The van der Waals surface area contributed by atoms with Crippen LogP contribution >= 0.6 is 0 Å². The van der Waals surface area contributed by atoms with E-state index in [-0.39, 0.29) is 11.9 Å². The molecule has 0 spiro atoms. The Labute approximate surface area is 143 Å². The molecule has 2 saturated carbocycles. The van der Waals surface area contributed by atoms with Crippen molar-refractivity contribution < 1.29 is 4.79 Å². The number of nitrogens with zero attached hydrogens (tertiary/aromatic N) is 2. The number of nitrogens with one attached hydrogen (secondary N) is 1. The molecule has 2 aliphatic rings. The summed E-state index contributed by atoms with van der Waals surface area (Å²) in [5, 5.41) is 3.23. The lowest BCUT2D eigenvalue weighted by Crippen LogP contribution is -2.40. The summed E-state index contributed by atoms with van der Waals surface area (Å²) in [6.07, 6.45) is 5.40. The lowest BCUT2D eigenvalue weighted by molar-refractivity contribution is 0.0915. The van der Waals surface area contributed by atoms with Crippen molar-refractivity contribution in [2.45, 2.75) is 52.5 Å². The van der Waals surface area contributed by atoms with Crippen molar-refractivity contribution in [2.75, 3.05) is 0 Å².